The molecule has 1 amide bonds. The van der Waals surface area contributed by atoms with E-state index < -0.39 is 29.4 Å². The van der Waals surface area contributed by atoms with Crippen molar-refractivity contribution in [2.24, 2.45) is 29.6 Å². The van der Waals surface area contributed by atoms with Crippen molar-refractivity contribution in [1.82, 2.24) is 9.88 Å². The Morgan fingerprint density at radius 3 is 2.22 bits per heavy atom. The summed E-state index contributed by atoms with van der Waals surface area (Å²) in [6.07, 6.45) is 14.8. The Morgan fingerprint density at radius 1 is 0.881 bits per heavy atom. The smallest absolute Gasteiger partial charge is 0.338 e. The summed E-state index contributed by atoms with van der Waals surface area (Å²) < 4.78 is 24.0. The Kier molecular flexibility index (Phi) is 15.8. The summed E-state index contributed by atoms with van der Waals surface area (Å²) in [6, 6.07) is 5.01. The fraction of sp³-hybridized carbons (Fsp3) is 0.661. The van der Waals surface area contributed by atoms with E-state index in [2.05, 4.69) is 41.5 Å². The van der Waals surface area contributed by atoms with Crippen LogP contribution >= 0.6 is 0 Å². The third kappa shape index (κ3) is 10.7. The highest BCUT2D eigenvalue weighted by Crippen LogP contribution is 2.51. The molecule has 4 aliphatic rings. The topological polar surface area (TPSA) is 142 Å². The van der Waals surface area contributed by atoms with Gasteiger partial charge in [0.2, 0.25) is 5.91 Å². The van der Waals surface area contributed by atoms with E-state index in [9.17, 15) is 24.3 Å². The van der Waals surface area contributed by atoms with E-state index in [1.807, 2.05) is 37.8 Å². The molecule has 5 heterocycles. The van der Waals surface area contributed by atoms with Crippen molar-refractivity contribution in [2.45, 2.75) is 202 Å². The molecule has 1 N–H and O–H groups in total. The van der Waals surface area contributed by atoms with E-state index in [0.29, 0.717) is 36.4 Å². The predicted molar refractivity (Wildman–Crippen MR) is 260 cm³/mol. The van der Waals surface area contributed by atoms with Gasteiger partial charge in [0.05, 0.1) is 23.2 Å². The van der Waals surface area contributed by atoms with E-state index in [4.69, 9.17) is 23.9 Å². The van der Waals surface area contributed by atoms with Gasteiger partial charge in [0, 0.05) is 36.3 Å². The number of carbonyl (C=O) groups excluding carboxylic acids is 4. The van der Waals surface area contributed by atoms with Gasteiger partial charge in [-0.2, -0.15) is 0 Å². The largest absolute Gasteiger partial charge is 0.487 e. The summed E-state index contributed by atoms with van der Waals surface area (Å²) >= 11 is 0. The molecule has 11 heteroatoms. The zero-order valence-electron chi connectivity index (χ0n) is 42.2. The third-order valence-corrected chi connectivity index (χ3v) is 16.1. The number of amides is 1. The molecule has 11 nitrogen and oxygen atoms in total. The van der Waals surface area contributed by atoms with Crippen molar-refractivity contribution in [3.05, 3.63) is 57.3 Å². The van der Waals surface area contributed by atoms with Crippen LogP contribution in [-0.4, -0.2) is 56.6 Å². The summed E-state index contributed by atoms with van der Waals surface area (Å²) in [4.78, 5) is 59.7. The molecule has 0 saturated carbocycles. The van der Waals surface area contributed by atoms with Gasteiger partial charge in [0.1, 0.15) is 29.5 Å². The van der Waals surface area contributed by atoms with Gasteiger partial charge in [-0.3, -0.25) is 19.4 Å². The van der Waals surface area contributed by atoms with Crippen molar-refractivity contribution in [3.8, 4) is 17.2 Å². The Morgan fingerprint density at radius 2 is 1.55 bits per heavy atom. The maximum Gasteiger partial charge on any atom is 0.338 e. The molecule has 0 radical (unpaired) electrons. The highest BCUT2D eigenvalue weighted by Gasteiger charge is 2.59. The Labute approximate surface area is 399 Å². The normalized spacial score (nSPS) is 24.1. The molecule has 366 valence electrons. The first-order valence-corrected chi connectivity index (χ1v) is 25.8. The van der Waals surface area contributed by atoms with Gasteiger partial charge in [0.25, 0.3) is 0 Å². The van der Waals surface area contributed by atoms with Crippen LogP contribution in [0.3, 0.4) is 0 Å². The minimum atomic E-state index is -1.71. The summed E-state index contributed by atoms with van der Waals surface area (Å²) in [5.74, 6) is 1.48. The summed E-state index contributed by atoms with van der Waals surface area (Å²) in [6.45, 7) is 21.9. The number of esters is 3. The second-order valence-electron chi connectivity index (χ2n) is 21.5. The number of aryl methyl sites for hydroxylation is 1. The average molecular weight is 923 g/mol. The standard InChI is InChI=1S/C56H78N2O9/c1-11-40-42-29-39(24-25-46(42)57-50-43(40)31-58-47(50)30-45-44(53(58)61)32-64-54(62)56(45,63)12-2)65-48(59)22-15-23-49(60)66-51-36(7)37(8)52-41(38(51)9)26-28-55(10,67-52)27-16-21-35(6)20-14-19-34(5)18-13-17-33(3)4/h24-25,29,33-35,44-45,47,63H,11-23,26-28,30-32H2,1-10H3/t34-,35-,44?,45?,47?,55-,56+/m1/s1. The quantitative estimate of drug-likeness (QED) is 0.0860. The van der Waals surface area contributed by atoms with Crippen LogP contribution in [0, 0.1) is 50.4 Å². The van der Waals surface area contributed by atoms with Crippen LogP contribution in [0.15, 0.2) is 18.2 Å². The fourth-order valence-corrected chi connectivity index (χ4v) is 11.7. The highest BCUT2D eigenvalue weighted by molar-refractivity contribution is 5.90. The molecule has 3 aromatic rings. The van der Waals surface area contributed by atoms with Crippen molar-refractivity contribution >= 4 is 34.7 Å². The number of hydrogen-bond donors (Lipinski definition) is 1. The van der Waals surface area contributed by atoms with Crippen molar-refractivity contribution in [1.29, 1.82) is 0 Å². The lowest BCUT2D eigenvalue weighted by Crippen LogP contribution is -2.61. The van der Waals surface area contributed by atoms with E-state index in [-0.39, 0.29) is 55.8 Å². The second kappa shape index (κ2) is 21.0. The van der Waals surface area contributed by atoms with Crippen LogP contribution in [0.5, 0.6) is 17.2 Å². The van der Waals surface area contributed by atoms with Gasteiger partial charge in [-0.25, -0.2) is 4.79 Å². The number of piperidine rings is 1. The summed E-state index contributed by atoms with van der Waals surface area (Å²) in [7, 11) is 0. The van der Waals surface area contributed by atoms with E-state index in [0.717, 1.165) is 93.6 Å². The van der Waals surface area contributed by atoms with Gasteiger partial charge >= 0.3 is 17.9 Å². The van der Waals surface area contributed by atoms with Gasteiger partial charge in [-0.15, -0.1) is 0 Å². The number of aliphatic hydroxyl groups is 1. The number of benzene rings is 2. The van der Waals surface area contributed by atoms with Crippen LogP contribution in [0.4, 0.5) is 0 Å². The first kappa shape index (κ1) is 50.4. The van der Waals surface area contributed by atoms with Crippen molar-refractivity contribution < 1.29 is 43.2 Å². The van der Waals surface area contributed by atoms with Gasteiger partial charge in [-0.05, 0) is 143 Å². The zero-order valence-corrected chi connectivity index (χ0v) is 42.2. The number of pyridine rings is 1. The molecular weight excluding hydrogens is 845 g/mol. The van der Waals surface area contributed by atoms with E-state index >= 15 is 0 Å². The number of fused-ring (bicyclic) bond motifs is 6. The SMILES string of the molecule is CCc1c2c(nc3ccc(OC(=O)CCCC(=O)Oc4c(C)c(C)c5c(c4C)CC[C@@](C)(CCC[C@H](C)CCC[C@H](C)CCCC(C)C)O5)cc13)C1CC3C(COC(=O)[C@]3(O)CC)C(=O)N1C2. The minimum Gasteiger partial charge on any atom is -0.487 e. The molecule has 2 aromatic carbocycles. The Hall–Kier alpha value is -4.51. The molecule has 2 fully saturated rings. The monoisotopic (exact) mass is 923 g/mol. The Bertz CT molecular complexity index is 2340. The lowest BCUT2D eigenvalue weighted by atomic mass is 9.69. The molecule has 0 aliphatic carbocycles. The number of aromatic nitrogens is 1. The summed E-state index contributed by atoms with van der Waals surface area (Å²) in [5.41, 5.74) is 5.52. The van der Waals surface area contributed by atoms with Crippen LogP contribution < -0.4 is 14.2 Å². The van der Waals surface area contributed by atoms with Gasteiger partial charge < -0.3 is 29.0 Å². The Balaban J connectivity index is 0.898. The molecule has 3 unspecified atom stereocenters. The van der Waals surface area contributed by atoms with Gasteiger partial charge in [-0.1, -0.05) is 86.5 Å². The number of nitrogens with zero attached hydrogens (tertiary/aromatic N) is 2. The van der Waals surface area contributed by atoms with Crippen LogP contribution in [-0.2, 0) is 43.3 Å². The molecule has 4 aliphatic heterocycles. The minimum absolute atomic E-state index is 0.0299. The number of cyclic esters (lactones) is 1. The number of carbonyl (C=O) groups is 4. The van der Waals surface area contributed by atoms with E-state index in [1.165, 1.54) is 44.9 Å². The first-order valence-electron chi connectivity index (χ1n) is 25.8. The molecule has 0 bridgehead atoms. The zero-order chi connectivity index (χ0) is 48.4. The van der Waals surface area contributed by atoms with E-state index in [1.54, 1.807) is 13.0 Å². The number of hydrogen-bond acceptors (Lipinski definition) is 10. The average Bonchev–Trinajstić information content (AvgIpc) is 3.65. The molecule has 1 aromatic heterocycles. The predicted octanol–water partition coefficient (Wildman–Crippen LogP) is 11.6. The molecule has 67 heavy (non-hydrogen) atoms. The molecular formula is C56H78N2O9. The fourth-order valence-electron chi connectivity index (χ4n) is 11.7. The number of rotatable bonds is 20. The third-order valence-electron chi connectivity index (χ3n) is 16.1. The van der Waals surface area contributed by atoms with Gasteiger partial charge in [0.15, 0.2) is 5.60 Å². The van der Waals surface area contributed by atoms with Crippen LogP contribution in [0.2, 0.25) is 0 Å². The highest BCUT2D eigenvalue weighted by atomic mass is 16.6. The maximum absolute atomic E-state index is 13.8. The molecule has 0 spiro atoms. The van der Waals surface area contributed by atoms with Crippen LogP contribution in [0.25, 0.3) is 10.9 Å². The van der Waals surface area contributed by atoms with Crippen molar-refractivity contribution in [2.75, 3.05) is 6.61 Å². The van der Waals surface area contributed by atoms with Crippen LogP contribution in [0.1, 0.15) is 190 Å². The maximum atomic E-state index is 13.8. The number of ether oxygens (including phenoxy) is 4. The van der Waals surface area contributed by atoms with Crippen molar-refractivity contribution in [3.63, 3.8) is 0 Å². The summed E-state index contributed by atoms with van der Waals surface area (Å²) in [5, 5.41) is 12.2. The second-order valence-corrected chi connectivity index (χ2v) is 21.5. The lowest BCUT2D eigenvalue weighted by molar-refractivity contribution is -0.202. The molecule has 2 saturated heterocycles. The molecule has 7 atom stereocenters. The molecule has 7 rings (SSSR count). The lowest BCUT2D eigenvalue weighted by Gasteiger charge is -2.48. The first-order chi connectivity index (χ1) is 31.9.